The summed E-state index contributed by atoms with van der Waals surface area (Å²) in [5.41, 5.74) is 2.44. The molecular formula is C19H17FN4O. The summed E-state index contributed by atoms with van der Waals surface area (Å²) in [6.07, 6.45) is 4.83. The van der Waals surface area contributed by atoms with E-state index in [1.807, 2.05) is 18.2 Å². The number of carbonyl (C=O) groups excluding carboxylic acids is 1. The topological polar surface area (TPSA) is 66.9 Å². The second-order valence-corrected chi connectivity index (χ2v) is 5.41. The van der Waals surface area contributed by atoms with Crippen LogP contribution in [0.25, 0.3) is 0 Å². The van der Waals surface area contributed by atoms with Crippen LogP contribution in [0.2, 0.25) is 0 Å². The standard InChI is InChI=1S/C19H17FN4O/c20-18-7-2-1-5-14(18)11-24-19(25)15-9-17(12-21-10-15)23-13-16-6-3-4-8-22-16/h1-10,12,23H,11,13H2,(H,24,25). The number of halogens is 1. The molecule has 0 bridgehead atoms. The summed E-state index contributed by atoms with van der Waals surface area (Å²) in [5, 5.41) is 5.87. The number of hydrogen-bond donors (Lipinski definition) is 2. The van der Waals surface area contributed by atoms with Gasteiger partial charge in [0.15, 0.2) is 0 Å². The number of aromatic nitrogens is 2. The van der Waals surface area contributed by atoms with E-state index in [0.29, 0.717) is 23.4 Å². The van der Waals surface area contributed by atoms with Crippen molar-refractivity contribution >= 4 is 11.6 Å². The highest BCUT2D eigenvalue weighted by Gasteiger charge is 2.08. The van der Waals surface area contributed by atoms with Gasteiger partial charge in [0.1, 0.15) is 5.82 Å². The van der Waals surface area contributed by atoms with Crippen LogP contribution in [0.15, 0.2) is 67.1 Å². The number of nitrogens with zero attached hydrogens (tertiary/aromatic N) is 2. The number of hydrogen-bond acceptors (Lipinski definition) is 4. The number of amides is 1. The Labute approximate surface area is 145 Å². The van der Waals surface area contributed by atoms with Gasteiger partial charge < -0.3 is 10.6 Å². The van der Waals surface area contributed by atoms with E-state index in [9.17, 15) is 9.18 Å². The van der Waals surface area contributed by atoms with Gasteiger partial charge in [-0.1, -0.05) is 24.3 Å². The van der Waals surface area contributed by atoms with Crippen molar-refractivity contribution < 1.29 is 9.18 Å². The third-order valence-electron chi connectivity index (χ3n) is 3.60. The Morgan fingerprint density at radius 2 is 1.88 bits per heavy atom. The molecule has 0 saturated heterocycles. The molecule has 3 rings (SSSR count). The van der Waals surface area contributed by atoms with Crippen LogP contribution in [0.1, 0.15) is 21.6 Å². The fourth-order valence-electron chi connectivity index (χ4n) is 2.28. The van der Waals surface area contributed by atoms with Crippen molar-refractivity contribution in [2.45, 2.75) is 13.1 Å². The van der Waals surface area contributed by atoms with Crippen LogP contribution in [-0.4, -0.2) is 15.9 Å². The van der Waals surface area contributed by atoms with Crippen LogP contribution >= 0.6 is 0 Å². The maximum absolute atomic E-state index is 13.6. The second-order valence-electron chi connectivity index (χ2n) is 5.41. The molecule has 0 atom stereocenters. The average Bonchev–Trinajstić information content (AvgIpc) is 2.66. The van der Waals surface area contributed by atoms with Crippen molar-refractivity contribution in [1.29, 1.82) is 0 Å². The molecular weight excluding hydrogens is 319 g/mol. The monoisotopic (exact) mass is 336 g/mol. The van der Waals surface area contributed by atoms with Crippen LogP contribution in [-0.2, 0) is 13.1 Å². The zero-order chi connectivity index (χ0) is 17.5. The number of benzene rings is 1. The van der Waals surface area contributed by atoms with Crippen molar-refractivity contribution in [3.63, 3.8) is 0 Å². The SMILES string of the molecule is O=C(NCc1ccccc1F)c1cncc(NCc2ccccn2)c1. The molecule has 5 nitrogen and oxygen atoms in total. The predicted octanol–water partition coefficient (Wildman–Crippen LogP) is 3.16. The maximum atomic E-state index is 13.6. The normalized spacial score (nSPS) is 10.3. The molecule has 0 aliphatic carbocycles. The van der Waals surface area contributed by atoms with Crippen molar-refractivity contribution in [3.05, 3.63) is 89.8 Å². The summed E-state index contributed by atoms with van der Waals surface area (Å²) in [6, 6.07) is 13.7. The lowest BCUT2D eigenvalue weighted by atomic mass is 10.2. The second kappa shape index (κ2) is 8.01. The van der Waals surface area contributed by atoms with Gasteiger partial charge in [-0.25, -0.2) is 4.39 Å². The van der Waals surface area contributed by atoms with E-state index in [4.69, 9.17) is 0 Å². The Kier molecular flexibility index (Phi) is 5.31. The molecule has 126 valence electrons. The maximum Gasteiger partial charge on any atom is 0.253 e. The van der Waals surface area contributed by atoms with Gasteiger partial charge in [0.25, 0.3) is 5.91 Å². The van der Waals surface area contributed by atoms with Gasteiger partial charge in [-0.3, -0.25) is 14.8 Å². The van der Waals surface area contributed by atoms with Crippen LogP contribution in [0, 0.1) is 5.82 Å². The molecule has 0 unspecified atom stereocenters. The van der Waals surface area contributed by atoms with Crippen molar-refractivity contribution in [3.8, 4) is 0 Å². The van der Waals surface area contributed by atoms with Crippen LogP contribution in [0.3, 0.4) is 0 Å². The fourth-order valence-corrected chi connectivity index (χ4v) is 2.28. The van der Waals surface area contributed by atoms with Gasteiger partial charge in [-0.15, -0.1) is 0 Å². The van der Waals surface area contributed by atoms with Gasteiger partial charge in [-0.2, -0.15) is 0 Å². The lowest BCUT2D eigenvalue weighted by Crippen LogP contribution is -2.23. The van der Waals surface area contributed by atoms with E-state index in [1.165, 1.54) is 12.3 Å². The molecule has 2 aromatic heterocycles. The van der Waals surface area contributed by atoms with Crippen molar-refractivity contribution in [1.82, 2.24) is 15.3 Å². The highest BCUT2D eigenvalue weighted by atomic mass is 19.1. The van der Waals surface area contributed by atoms with Gasteiger partial charge in [0, 0.05) is 30.7 Å². The average molecular weight is 336 g/mol. The van der Waals surface area contributed by atoms with Gasteiger partial charge >= 0.3 is 0 Å². The lowest BCUT2D eigenvalue weighted by Gasteiger charge is -2.09. The molecule has 1 amide bonds. The van der Waals surface area contributed by atoms with E-state index in [-0.39, 0.29) is 18.3 Å². The molecule has 0 spiro atoms. The summed E-state index contributed by atoms with van der Waals surface area (Å²) < 4.78 is 13.6. The first-order valence-electron chi connectivity index (χ1n) is 7.83. The molecule has 1 aromatic carbocycles. The molecule has 0 aliphatic rings. The number of anilines is 1. The summed E-state index contributed by atoms with van der Waals surface area (Å²) in [4.78, 5) is 20.5. The number of nitrogens with one attached hydrogen (secondary N) is 2. The van der Waals surface area contributed by atoms with E-state index in [0.717, 1.165) is 5.69 Å². The highest BCUT2D eigenvalue weighted by molar-refractivity contribution is 5.94. The molecule has 2 N–H and O–H groups in total. The first-order valence-corrected chi connectivity index (χ1v) is 7.83. The van der Waals surface area contributed by atoms with E-state index in [2.05, 4.69) is 20.6 Å². The molecule has 3 aromatic rings. The number of carbonyl (C=O) groups is 1. The van der Waals surface area contributed by atoms with Crippen LogP contribution in [0.5, 0.6) is 0 Å². The van der Waals surface area contributed by atoms with E-state index in [1.54, 1.807) is 36.7 Å². The van der Waals surface area contributed by atoms with Gasteiger partial charge in [-0.05, 0) is 24.3 Å². The van der Waals surface area contributed by atoms with E-state index >= 15 is 0 Å². The Morgan fingerprint density at radius 1 is 1.04 bits per heavy atom. The van der Waals surface area contributed by atoms with E-state index < -0.39 is 0 Å². The quantitative estimate of drug-likeness (QED) is 0.726. The minimum atomic E-state index is -0.341. The zero-order valence-corrected chi connectivity index (χ0v) is 13.4. The summed E-state index contributed by atoms with van der Waals surface area (Å²) in [7, 11) is 0. The van der Waals surface area contributed by atoms with Crippen LogP contribution in [0.4, 0.5) is 10.1 Å². The third-order valence-corrected chi connectivity index (χ3v) is 3.60. The van der Waals surface area contributed by atoms with Crippen LogP contribution < -0.4 is 10.6 Å². The first-order chi connectivity index (χ1) is 12.2. The first kappa shape index (κ1) is 16.6. The van der Waals surface area contributed by atoms with Gasteiger partial charge in [0.2, 0.25) is 0 Å². The summed E-state index contributed by atoms with van der Waals surface area (Å²) in [5.74, 6) is -0.649. The molecule has 25 heavy (non-hydrogen) atoms. The summed E-state index contributed by atoms with van der Waals surface area (Å²) >= 11 is 0. The zero-order valence-electron chi connectivity index (χ0n) is 13.4. The molecule has 0 fully saturated rings. The smallest absolute Gasteiger partial charge is 0.253 e. The molecule has 0 saturated carbocycles. The Morgan fingerprint density at radius 3 is 2.68 bits per heavy atom. The largest absolute Gasteiger partial charge is 0.378 e. The third kappa shape index (κ3) is 4.60. The highest BCUT2D eigenvalue weighted by Crippen LogP contribution is 2.11. The predicted molar refractivity (Wildman–Crippen MR) is 93.4 cm³/mol. The molecule has 0 radical (unpaired) electrons. The molecule has 0 aliphatic heterocycles. The Hall–Kier alpha value is -3.28. The number of pyridine rings is 2. The number of rotatable bonds is 6. The molecule has 6 heteroatoms. The van der Waals surface area contributed by atoms with Crippen molar-refractivity contribution in [2.24, 2.45) is 0 Å². The lowest BCUT2D eigenvalue weighted by molar-refractivity contribution is 0.0950. The van der Waals surface area contributed by atoms with Gasteiger partial charge in [0.05, 0.1) is 23.5 Å². The van der Waals surface area contributed by atoms with Crippen molar-refractivity contribution in [2.75, 3.05) is 5.32 Å². The summed E-state index contributed by atoms with van der Waals surface area (Å²) in [6.45, 7) is 0.653. The minimum Gasteiger partial charge on any atom is -0.378 e. The molecule has 2 heterocycles. The fraction of sp³-hybridized carbons (Fsp3) is 0.105. The minimum absolute atomic E-state index is 0.122. The Balaban J connectivity index is 1.60. The Bertz CT molecular complexity index is 855.